The summed E-state index contributed by atoms with van der Waals surface area (Å²) >= 11 is 0. The molecular weight excluding hydrogens is 248 g/mol. The molecule has 0 unspecified atom stereocenters. The Morgan fingerprint density at radius 1 is 1.10 bits per heavy atom. The van der Waals surface area contributed by atoms with Gasteiger partial charge in [-0.2, -0.15) is 0 Å². The van der Waals surface area contributed by atoms with Crippen molar-refractivity contribution in [1.29, 1.82) is 0 Å². The SMILES string of the molecule is Cc1cc(C)cc(Oc2ccnc(CNC3CC3)c2)c1. The topological polar surface area (TPSA) is 34.1 Å². The quantitative estimate of drug-likeness (QED) is 0.897. The van der Waals surface area contributed by atoms with Crippen LogP contribution in [0.15, 0.2) is 36.5 Å². The van der Waals surface area contributed by atoms with Gasteiger partial charge >= 0.3 is 0 Å². The van der Waals surface area contributed by atoms with E-state index in [0.717, 1.165) is 23.7 Å². The van der Waals surface area contributed by atoms with Gasteiger partial charge in [-0.05, 0) is 56.0 Å². The van der Waals surface area contributed by atoms with Crippen molar-refractivity contribution >= 4 is 0 Å². The van der Waals surface area contributed by atoms with Gasteiger partial charge in [-0.1, -0.05) is 6.07 Å². The molecule has 104 valence electrons. The molecule has 0 aliphatic heterocycles. The summed E-state index contributed by atoms with van der Waals surface area (Å²) in [5.41, 5.74) is 3.45. The van der Waals surface area contributed by atoms with Crippen molar-refractivity contribution in [3.63, 3.8) is 0 Å². The largest absolute Gasteiger partial charge is 0.457 e. The van der Waals surface area contributed by atoms with E-state index < -0.39 is 0 Å². The summed E-state index contributed by atoms with van der Waals surface area (Å²) in [7, 11) is 0. The van der Waals surface area contributed by atoms with Crippen LogP contribution in [0.5, 0.6) is 11.5 Å². The number of ether oxygens (including phenoxy) is 1. The third kappa shape index (κ3) is 3.58. The highest BCUT2D eigenvalue weighted by molar-refractivity contribution is 5.37. The van der Waals surface area contributed by atoms with Gasteiger partial charge in [-0.3, -0.25) is 4.98 Å². The molecule has 0 amide bonds. The summed E-state index contributed by atoms with van der Waals surface area (Å²) in [5.74, 6) is 1.73. The summed E-state index contributed by atoms with van der Waals surface area (Å²) in [4.78, 5) is 4.37. The van der Waals surface area contributed by atoms with Crippen LogP contribution in [-0.4, -0.2) is 11.0 Å². The van der Waals surface area contributed by atoms with E-state index in [-0.39, 0.29) is 0 Å². The third-order valence-corrected chi connectivity index (χ3v) is 3.37. The van der Waals surface area contributed by atoms with Crippen LogP contribution >= 0.6 is 0 Å². The normalized spacial score (nSPS) is 14.3. The van der Waals surface area contributed by atoms with E-state index in [1.165, 1.54) is 24.0 Å². The van der Waals surface area contributed by atoms with E-state index >= 15 is 0 Å². The fraction of sp³-hybridized carbons (Fsp3) is 0.353. The molecule has 1 aromatic carbocycles. The molecule has 0 atom stereocenters. The van der Waals surface area contributed by atoms with Gasteiger partial charge in [-0.15, -0.1) is 0 Å². The number of rotatable bonds is 5. The Hall–Kier alpha value is -1.87. The maximum absolute atomic E-state index is 5.94. The first-order chi connectivity index (χ1) is 9.69. The number of hydrogen-bond donors (Lipinski definition) is 1. The number of nitrogens with zero attached hydrogens (tertiary/aromatic N) is 1. The van der Waals surface area contributed by atoms with Gasteiger partial charge in [0.1, 0.15) is 11.5 Å². The highest BCUT2D eigenvalue weighted by Gasteiger charge is 2.20. The second kappa shape index (κ2) is 5.63. The van der Waals surface area contributed by atoms with Crippen molar-refractivity contribution in [2.45, 2.75) is 39.3 Å². The van der Waals surface area contributed by atoms with Gasteiger partial charge in [0.05, 0.1) is 5.69 Å². The van der Waals surface area contributed by atoms with Crippen molar-refractivity contribution in [3.8, 4) is 11.5 Å². The highest BCUT2D eigenvalue weighted by atomic mass is 16.5. The summed E-state index contributed by atoms with van der Waals surface area (Å²) in [6, 6.07) is 10.8. The molecule has 3 rings (SSSR count). The molecule has 1 aliphatic carbocycles. The van der Waals surface area contributed by atoms with Crippen molar-refractivity contribution in [1.82, 2.24) is 10.3 Å². The molecular formula is C17H20N2O. The molecule has 20 heavy (non-hydrogen) atoms. The number of pyridine rings is 1. The minimum atomic E-state index is 0.695. The minimum absolute atomic E-state index is 0.695. The number of hydrogen-bond acceptors (Lipinski definition) is 3. The molecule has 1 aromatic heterocycles. The Balaban J connectivity index is 1.70. The lowest BCUT2D eigenvalue weighted by molar-refractivity contribution is 0.479. The molecule has 0 spiro atoms. The molecule has 1 aliphatic rings. The highest BCUT2D eigenvalue weighted by Crippen LogP contribution is 2.24. The first-order valence-electron chi connectivity index (χ1n) is 7.13. The van der Waals surface area contributed by atoms with Crippen molar-refractivity contribution < 1.29 is 4.74 Å². The Bertz CT molecular complexity index is 585. The van der Waals surface area contributed by atoms with E-state index in [4.69, 9.17) is 4.74 Å². The zero-order valence-corrected chi connectivity index (χ0v) is 12.0. The average molecular weight is 268 g/mol. The predicted octanol–water partition coefficient (Wildman–Crippen LogP) is 3.74. The monoisotopic (exact) mass is 268 g/mol. The number of aromatic nitrogens is 1. The number of aryl methyl sites for hydroxylation is 2. The molecule has 1 N–H and O–H groups in total. The van der Waals surface area contributed by atoms with Gasteiger partial charge in [0.15, 0.2) is 0 Å². The van der Waals surface area contributed by atoms with Crippen LogP contribution in [0, 0.1) is 13.8 Å². The third-order valence-electron chi connectivity index (χ3n) is 3.37. The van der Waals surface area contributed by atoms with Crippen LogP contribution in [0.25, 0.3) is 0 Å². The lowest BCUT2D eigenvalue weighted by Gasteiger charge is -2.09. The number of nitrogens with one attached hydrogen (secondary N) is 1. The standard InChI is InChI=1S/C17H20N2O/c1-12-7-13(2)9-17(8-12)20-16-5-6-18-15(10-16)11-19-14-3-4-14/h5-10,14,19H,3-4,11H2,1-2H3. The number of benzene rings is 1. The second-order valence-corrected chi connectivity index (χ2v) is 5.56. The molecule has 1 fully saturated rings. The molecule has 3 nitrogen and oxygen atoms in total. The summed E-state index contributed by atoms with van der Waals surface area (Å²) < 4.78 is 5.94. The Morgan fingerprint density at radius 3 is 2.55 bits per heavy atom. The molecule has 0 radical (unpaired) electrons. The molecule has 3 heteroatoms. The molecule has 1 saturated carbocycles. The average Bonchev–Trinajstić information content (AvgIpc) is 3.19. The Morgan fingerprint density at radius 2 is 1.85 bits per heavy atom. The van der Waals surface area contributed by atoms with Gasteiger partial charge in [0, 0.05) is 24.8 Å². The fourth-order valence-electron chi connectivity index (χ4n) is 2.28. The molecule has 2 aromatic rings. The van der Waals surface area contributed by atoms with Crippen LogP contribution in [0.4, 0.5) is 0 Å². The van der Waals surface area contributed by atoms with Crippen molar-refractivity contribution in [2.24, 2.45) is 0 Å². The van der Waals surface area contributed by atoms with Gasteiger partial charge in [-0.25, -0.2) is 0 Å². The first-order valence-corrected chi connectivity index (χ1v) is 7.13. The zero-order valence-electron chi connectivity index (χ0n) is 12.0. The van der Waals surface area contributed by atoms with Crippen LogP contribution in [0.1, 0.15) is 29.7 Å². The predicted molar refractivity (Wildman–Crippen MR) is 80.1 cm³/mol. The Labute approximate surface area is 120 Å². The van der Waals surface area contributed by atoms with E-state index in [0.29, 0.717) is 6.04 Å². The van der Waals surface area contributed by atoms with E-state index in [9.17, 15) is 0 Å². The first kappa shape index (κ1) is 13.1. The van der Waals surface area contributed by atoms with Crippen LogP contribution < -0.4 is 10.1 Å². The van der Waals surface area contributed by atoms with Crippen molar-refractivity contribution in [2.75, 3.05) is 0 Å². The lowest BCUT2D eigenvalue weighted by atomic mass is 10.1. The summed E-state index contributed by atoms with van der Waals surface area (Å²) in [6.45, 7) is 4.98. The minimum Gasteiger partial charge on any atom is -0.457 e. The van der Waals surface area contributed by atoms with E-state index in [1.807, 2.05) is 18.3 Å². The summed E-state index contributed by atoms with van der Waals surface area (Å²) in [6.07, 6.45) is 4.39. The summed E-state index contributed by atoms with van der Waals surface area (Å²) in [5, 5.41) is 3.46. The van der Waals surface area contributed by atoms with Crippen LogP contribution in [0.2, 0.25) is 0 Å². The molecule has 1 heterocycles. The molecule has 0 saturated heterocycles. The maximum atomic E-state index is 5.94. The van der Waals surface area contributed by atoms with Gasteiger partial charge in [0.2, 0.25) is 0 Å². The Kier molecular flexibility index (Phi) is 3.70. The molecule has 0 bridgehead atoms. The van der Waals surface area contributed by atoms with Crippen LogP contribution in [-0.2, 0) is 6.54 Å². The zero-order chi connectivity index (χ0) is 13.9. The van der Waals surface area contributed by atoms with E-state index in [1.54, 1.807) is 0 Å². The van der Waals surface area contributed by atoms with Crippen molar-refractivity contribution in [3.05, 3.63) is 53.3 Å². The van der Waals surface area contributed by atoms with Gasteiger partial charge in [0.25, 0.3) is 0 Å². The lowest BCUT2D eigenvalue weighted by Crippen LogP contribution is -2.16. The van der Waals surface area contributed by atoms with Gasteiger partial charge < -0.3 is 10.1 Å². The second-order valence-electron chi connectivity index (χ2n) is 5.56. The van der Waals surface area contributed by atoms with Crippen LogP contribution in [0.3, 0.4) is 0 Å². The maximum Gasteiger partial charge on any atom is 0.130 e. The van der Waals surface area contributed by atoms with E-state index in [2.05, 4.69) is 42.3 Å². The smallest absolute Gasteiger partial charge is 0.130 e. The fourth-order valence-corrected chi connectivity index (χ4v) is 2.28.